The lowest BCUT2D eigenvalue weighted by atomic mass is 10.2. The minimum Gasteiger partial charge on any atom is -0.357 e. The van der Waals surface area contributed by atoms with Gasteiger partial charge in [-0.3, -0.25) is 0 Å². The SMILES string of the molecule is CCNC(=NCc1ccccc1Cl)NCc1nc(C)c(C)s1. The van der Waals surface area contributed by atoms with Gasteiger partial charge in [0, 0.05) is 16.4 Å². The van der Waals surface area contributed by atoms with Crippen molar-refractivity contribution in [3.63, 3.8) is 0 Å². The third kappa shape index (κ3) is 4.71. The van der Waals surface area contributed by atoms with Crippen molar-refractivity contribution in [2.45, 2.75) is 33.9 Å². The Kier molecular flexibility index (Phi) is 6.21. The highest BCUT2D eigenvalue weighted by molar-refractivity contribution is 7.11. The molecule has 0 saturated heterocycles. The Morgan fingerprint density at radius 1 is 1.27 bits per heavy atom. The van der Waals surface area contributed by atoms with Gasteiger partial charge in [-0.1, -0.05) is 29.8 Å². The first-order valence-electron chi connectivity index (χ1n) is 7.28. The van der Waals surface area contributed by atoms with Crippen LogP contribution < -0.4 is 10.6 Å². The highest BCUT2D eigenvalue weighted by Gasteiger charge is 2.05. The number of aromatic nitrogens is 1. The predicted octanol–water partition coefficient (Wildman–Crippen LogP) is 3.67. The van der Waals surface area contributed by atoms with Gasteiger partial charge in [0.2, 0.25) is 0 Å². The number of hydrogen-bond donors (Lipinski definition) is 2. The molecule has 1 aromatic heterocycles. The fourth-order valence-corrected chi connectivity index (χ4v) is 2.98. The number of aliphatic imine (C=N–C) groups is 1. The third-order valence-corrected chi connectivity index (χ3v) is 4.63. The molecule has 0 fully saturated rings. The number of benzene rings is 1. The average Bonchev–Trinajstić information content (AvgIpc) is 2.82. The molecule has 2 rings (SSSR count). The van der Waals surface area contributed by atoms with Gasteiger partial charge in [-0.2, -0.15) is 0 Å². The predicted molar refractivity (Wildman–Crippen MR) is 94.7 cm³/mol. The van der Waals surface area contributed by atoms with E-state index in [2.05, 4.69) is 27.5 Å². The molecule has 1 heterocycles. The molecule has 4 nitrogen and oxygen atoms in total. The molecule has 0 unspecified atom stereocenters. The van der Waals surface area contributed by atoms with E-state index < -0.39 is 0 Å². The summed E-state index contributed by atoms with van der Waals surface area (Å²) in [5.74, 6) is 0.771. The molecule has 22 heavy (non-hydrogen) atoms. The zero-order valence-electron chi connectivity index (χ0n) is 13.1. The molecule has 0 atom stereocenters. The smallest absolute Gasteiger partial charge is 0.191 e. The van der Waals surface area contributed by atoms with Gasteiger partial charge in [-0.25, -0.2) is 9.98 Å². The molecule has 0 aliphatic carbocycles. The zero-order chi connectivity index (χ0) is 15.9. The summed E-state index contributed by atoms with van der Waals surface area (Å²) in [7, 11) is 0. The van der Waals surface area contributed by atoms with Crippen molar-refractivity contribution < 1.29 is 0 Å². The number of nitrogens with zero attached hydrogens (tertiary/aromatic N) is 2. The van der Waals surface area contributed by atoms with Crippen LogP contribution in [0, 0.1) is 13.8 Å². The monoisotopic (exact) mass is 336 g/mol. The highest BCUT2D eigenvalue weighted by Crippen LogP contribution is 2.17. The molecule has 0 amide bonds. The van der Waals surface area contributed by atoms with E-state index in [0.717, 1.165) is 33.8 Å². The molecule has 0 saturated carbocycles. The van der Waals surface area contributed by atoms with E-state index in [1.165, 1.54) is 4.88 Å². The van der Waals surface area contributed by atoms with Crippen LogP contribution in [0.1, 0.15) is 28.1 Å². The van der Waals surface area contributed by atoms with Gasteiger partial charge in [-0.05, 0) is 32.4 Å². The fourth-order valence-electron chi connectivity index (χ4n) is 1.91. The van der Waals surface area contributed by atoms with Crippen LogP contribution >= 0.6 is 22.9 Å². The summed E-state index contributed by atoms with van der Waals surface area (Å²) >= 11 is 7.87. The van der Waals surface area contributed by atoms with Crippen LogP contribution in [0.5, 0.6) is 0 Å². The molecule has 118 valence electrons. The summed E-state index contributed by atoms with van der Waals surface area (Å²) in [5.41, 5.74) is 2.11. The largest absolute Gasteiger partial charge is 0.357 e. The Morgan fingerprint density at radius 3 is 2.68 bits per heavy atom. The molecule has 0 spiro atoms. The van der Waals surface area contributed by atoms with Crippen molar-refractivity contribution >= 4 is 28.9 Å². The Hall–Kier alpha value is -1.59. The second kappa shape index (κ2) is 8.15. The van der Waals surface area contributed by atoms with Gasteiger partial charge in [0.15, 0.2) is 5.96 Å². The number of thiazole rings is 1. The minimum atomic E-state index is 0.547. The summed E-state index contributed by atoms with van der Waals surface area (Å²) < 4.78 is 0. The molecule has 6 heteroatoms. The summed E-state index contributed by atoms with van der Waals surface area (Å²) in [5, 5.41) is 8.36. The molecule has 0 aliphatic rings. The number of guanidine groups is 1. The van der Waals surface area contributed by atoms with E-state index in [9.17, 15) is 0 Å². The fraction of sp³-hybridized carbons (Fsp3) is 0.375. The number of nitrogens with one attached hydrogen (secondary N) is 2. The maximum absolute atomic E-state index is 6.16. The van der Waals surface area contributed by atoms with E-state index in [4.69, 9.17) is 11.6 Å². The van der Waals surface area contributed by atoms with E-state index >= 15 is 0 Å². The van der Waals surface area contributed by atoms with Crippen molar-refractivity contribution in [1.29, 1.82) is 0 Å². The maximum atomic E-state index is 6.16. The standard InChI is InChI=1S/C16H21ClN4S/c1-4-18-16(19-9-13-7-5-6-8-14(13)17)20-10-15-21-11(2)12(3)22-15/h5-8H,4,9-10H2,1-3H3,(H2,18,19,20). The molecule has 0 bridgehead atoms. The van der Waals surface area contributed by atoms with Crippen molar-refractivity contribution in [2.75, 3.05) is 6.54 Å². The number of aryl methyl sites for hydroxylation is 2. The van der Waals surface area contributed by atoms with Gasteiger partial charge >= 0.3 is 0 Å². The number of hydrogen-bond acceptors (Lipinski definition) is 3. The van der Waals surface area contributed by atoms with Crippen molar-refractivity contribution in [3.05, 3.63) is 50.4 Å². The second-order valence-corrected chi connectivity index (χ2v) is 6.58. The van der Waals surface area contributed by atoms with Gasteiger partial charge in [-0.15, -0.1) is 11.3 Å². The quantitative estimate of drug-likeness (QED) is 0.647. The Labute approximate surface area is 140 Å². The lowest BCUT2D eigenvalue weighted by molar-refractivity contribution is 0.810. The molecule has 0 aliphatic heterocycles. The molecule has 2 aromatic rings. The molecular formula is C16H21ClN4S. The first kappa shape index (κ1) is 16.8. The van der Waals surface area contributed by atoms with Gasteiger partial charge in [0.05, 0.1) is 18.8 Å². The third-order valence-electron chi connectivity index (χ3n) is 3.19. The Balaban J connectivity index is 1.99. The van der Waals surface area contributed by atoms with E-state index in [1.54, 1.807) is 11.3 Å². The summed E-state index contributed by atoms with van der Waals surface area (Å²) in [6.07, 6.45) is 0. The normalized spacial score (nSPS) is 11.5. The van der Waals surface area contributed by atoms with Crippen molar-refractivity contribution in [2.24, 2.45) is 4.99 Å². The van der Waals surface area contributed by atoms with Gasteiger partial charge in [0.25, 0.3) is 0 Å². The highest BCUT2D eigenvalue weighted by atomic mass is 35.5. The van der Waals surface area contributed by atoms with E-state index in [0.29, 0.717) is 13.1 Å². The van der Waals surface area contributed by atoms with Crippen LogP contribution in [0.4, 0.5) is 0 Å². The Morgan fingerprint density at radius 2 is 2.05 bits per heavy atom. The Bertz CT molecular complexity index is 632. The van der Waals surface area contributed by atoms with Crippen LogP contribution in [-0.2, 0) is 13.1 Å². The van der Waals surface area contributed by atoms with Gasteiger partial charge in [0.1, 0.15) is 5.01 Å². The molecule has 0 radical (unpaired) electrons. The lowest BCUT2D eigenvalue weighted by Crippen LogP contribution is -2.36. The zero-order valence-corrected chi connectivity index (χ0v) is 14.7. The maximum Gasteiger partial charge on any atom is 0.191 e. The van der Waals surface area contributed by atoms with Crippen LogP contribution in [0.25, 0.3) is 0 Å². The molecule has 1 aromatic carbocycles. The minimum absolute atomic E-state index is 0.547. The average molecular weight is 337 g/mol. The van der Waals surface area contributed by atoms with Crippen molar-refractivity contribution in [1.82, 2.24) is 15.6 Å². The first-order valence-corrected chi connectivity index (χ1v) is 8.48. The molecular weight excluding hydrogens is 316 g/mol. The second-order valence-electron chi connectivity index (χ2n) is 4.89. The lowest BCUT2D eigenvalue weighted by Gasteiger charge is -2.10. The summed E-state index contributed by atoms with van der Waals surface area (Å²) in [6.45, 7) is 8.20. The number of rotatable bonds is 5. The van der Waals surface area contributed by atoms with Crippen LogP contribution in [0.15, 0.2) is 29.3 Å². The number of halogens is 1. The summed E-state index contributed by atoms with van der Waals surface area (Å²) in [6, 6.07) is 7.77. The van der Waals surface area contributed by atoms with Crippen LogP contribution in [0.2, 0.25) is 5.02 Å². The van der Waals surface area contributed by atoms with Crippen LogP contribution in [-0.4, -0.2) is 17.5 Å². The van der Waals surface area contributed by atoms with E-state index in [-0.39, 0.29) is 0 Å². The van der Waals surface area contributed by atoms with Crippen molar-refractivity contribution in [3.8, 4) is 0 Å². The summed E-state index contributed by atoms with van der Waals surface area (Å²) in [4.78, 5) is 10.4. The van der Waals surface area contributed by atoms with Crippen LogP contribution in [0.3, 0.4) is 0 Å². The van der Waals surface area contributed by atoms with E-state index in [1.807, 2.05) is 38.1 Å². The van der Waals surface area contributed by atoms with Gasteiger partial charge < -0.3 is 10.6 Å². The molecule has 2 N–H and O–H groups in total. The first-order chi connectivity index (χ1) is 10.6. The topological polar surface area (TPSA) is 49.3 Å².